The molecule has 0 amide bonds. The van der Waals surface area contributed by atoms with Gasteiger partial charge in [0.15, 0.2) is 0 Å². The highest BCUT2D eigenvalue weighted by Gasteiger charge is 2.03. The highest BCUT2D eigenvalue weighted by Crippen LogP contribution is 2.20. The first kappa shape index (κ1) is 9.16. The molecule has 0 aliphatic rings. The molecule has 14 heavy (non-hydrogen) atoms. The Hall–Kier alpha value is -1.41. The summed E-state index contributed by atoms with van der Waals surface area (Å²) in [6, 6.07) is 7.65. The third-order valence-corrected chi connectivity index (χ3v) is 2.16. The van der Waals surface area contributed by atoms with Gasteiger partial charge in [-0.15, -0.1) is 0 Å². The van der Waals surface area contributed by atoms with Crippen molar-refractivity contribution >= 4 is 11.6 Å². The van der Waals surface area contributed by atoms with Gasteiger partial charge in [-0.2, -0.15) is 0 Å². The summed E-state index contributed by atoms with van der Waals surface area (Å²) in [4.78, 5) is 8.49. The Morgan fingerprint density at radius 2 is 2.07 bits per heavy atom. The molecule has 2 aromatic heterocycles. The number of halogens is 1. The second-order valence-corrected chi connectivity index (χ2v) is 3.47. The molecule has 0 aliphatic heterocycles. The minimum Gasteiger partial charge on any atom is -0.255 e. The highest BCUT2D eigenvalue weighted by atomic mass is 35.5. The summed E-state index contributed by atoms with van der Waals surface area (Å²) in [6.45, 7) is 1.98. The van der Waals surface area contributed by atoms with E-state index in [9.17, 15) is 0 Å². The van der Waals surface area contributed by atoms with Crippen LogP contribution in [0.5, 0.6) is 0 Å². The van der Waals surface area contributed by atoms with Crippen LogP contribution < -0.4 is 0 Å². The number of pyridine rings is 2. The van der Waals surface area contributed by atoms with Crippen LogP contribution in [0.2, 0.25) is 5.02 Å². The molecule has 0 bridgehead atoms. The zero-order chi connectivity index (χ0) is 9.97. The van der Waals surface area contributed by atoms with Crippen molar-refractivity contribution in [2.45, 2.75) is 6.92 Å². The first-order valence-electron chi connectivity index (χ1n) is 4.31. The molecule has 2 nitrogen and oxygen atoms in total. The molecule has 0 spiro atoms. The molecule has 0 unspecified atom stereocenters. The summed E-state index contributed by atoms with van der Waals surface area (Å²) in [6.07, 6.45) is 3.39. The molecule has 0 aromatic carbocycles. The predicted octanol–water partition coefficient (Wildman–Crippen LogP) is 3.11. The van der Waals surface area contributed by atoms with Crippen molar-refractivity contribution in [3.8, 4) is 11.4 Å². The second kappa shape index (κ2) is 3.76. The van der Waals surface area contributed by atoms with Gasteiger partial charge in [0.25, 0.3) is 0 Å². The van der Waals surface area contributed by atoms with Gasteiger partial charge >= 0.3 is 0 Å². The molecule has 0 saturated carbocycles. The van der Waals surface area contributed by atoms with Crippen molar-refractivity contribution in [3.63, 3.8) is 0 Å². The van der Waals surface area contributed by atoms with E-state index >= 15 is 0 Å². The Morgan fingerprint density at radius 1 is 1.21 bits per heavy atom. The summed E-state index contributed by atoms with van der Waals surface area (Å²) < 4.78 is 0. The smallest absolute Gasteiger partial charge is 0.0916 e. The minimum atomic E-state index is 0.655. The fraction of sp³-hybridized carbons (Fsp3) is 0.0909. The summed E-state index contributed by atoms with van der Waals surface area (Å²) in [5.74, 6) is 0. The molecule has 0 fully saturated rings. The molecule has 0 saturated heterocycles. The van der Waals surface area contributed by atoms with Gasteiger partial charge in [0, 0.05) is 12.4 Å². The topological polar surface area (TPSA) is 25.8 Å². The van der Waals surface area contributed by atoms with Crippen molar-refractivity contribution in [3.05, 3.63) is 47.2 Å². The lowest BCUT2D eigenvalue weighted by atomic mass is 10.1. The van der Waals surface area contributed by atoms with E-state index in [1.807, 2.05) is 31.2 Å². The van der Waals surface area contributed by atoms with E-state index < -0.39 is 0 Å². The lowest BCUT2D eigenvalue weighted by molar-refractivity contribution is 1.21. The van der Waals surface area contributed by atoms with Crippen LogP contribution in [-0.2, 0) is 0 Å². The van der Waals surface area contributed by atoms with Gasteiger partial charge in [-0.05, 0) is 30.7 Å². The molecule has 0 aliphatic carbocycles. The van der Waals surface area contributed by atoms with Crippen molar-refractivity contribution in [1.29, 1.82) is 0 Å². The highest BCUT2D eigenvalue weighted by molar-refractivity contribution is 6.30. The first-order chi connectivity index (χ1) is 6.77. The second-order valence-electron chi connectivity index (χ2n) is 3.03. The Bertz CT molecular complexity index is 440. The number of hydrogen-bond donors (Lipinski definition) is 0. The largest absolute Gasteiger partial charge is 0.255 e. The van der Waals surface area contributed by atoms with Crippen LogP contribution in [0.3, 0.4) is 0 Å². The monoisotopic (exact) mass is 204 g/mol. The van der Waals surface area contributed by atoms with Crippen molar-refractivity contribution in [2.75, 3.05) is 0 Å². The fourth-order valence-corrected chi connectivity index (χ4v) is 1.52. The third-order valence-electron chi connectivity index (χ3n) is 1.95. The van der Waals surface area contributed by atoms with Crippen LogP contribution in [0.4, 0.5) is 0 Å². The van der Waals surface area contributed by atoms with E-state index in [0.29, 0.717) is 5.02 Å². The average Bonchev–Trinajstić information content (AvgIpc) is 2.19. The van der Waals surface area contributed by atoms with Crippen LogP contribution in [0.15, 0.2) is 36.7 Å². The van der Waals surface area contributed by atoms with Gasteiger partial charge in [-0.25, -0.2) is 0 Å². The Balaban J connectivity index is 2.53. The molecule has 2 heterocycles. The van der Waals surface area contributed by atoms with Gasteiger partial charge < -0.3 is 0 Å². The van der Waals surface area contributed by atoms with E-state index in [4.69, 9.17) is 11.6 Å². The van der Waals surface area contributed by atoms with Crippen LogP contribution in [0, 0.1) is 6.92 Å². The van der Waals surface area contributed by atoms with E-state index in [1.165, 1.54) is 0 Å². The molecule has 70 valence electrons. The third kappa shape index (κ3) is 1.75. The quantitative estimate of drug-likeness (QED) is 0.714. The summed E-state index contributed by atoms with van der Waals surface area (Å²) >= 11 is 5.82. The van der Waals surface area contributed by atoms with Gasteiger partial charge in [0.2, 0.25) is 0 Å². The lowest BCUT2D eigenvalue weighted by Gasteiger charge is -2.03. The SMILES string of the molecule is Cc1cc(Cl)cnc1-c1ccccn1. The number of aryl methyl sites for hydroxylation is 1. The number of rotatable bonds is 1. The van der Waals surface area contributed by atoms with Gasteiger partial charge in [0.1, 0.15) is 0 Å². The van der Waals surface area contributed by atoms with Gasteiger partial charge in [-0.3, -0.25) is 9.97 Å². The summed E-state index contributed by atoms with van der Waals surface area (Å²) in [5.41, 5.74) is 2.80. The maximum Gasteiger partial charge on any atom is 0.0916 e. The average molecular weight is 205 g/mol. The molecule has 2 rings (SSSR count). The van der Waals surface area contributed by atoms with Crippen LogP contribution in [-0.4, -0.2) is 9.97 Å². The zero-order valence-electron chi connectivity index (χ0n) is 7.74. The normalized spacial score (nSPS) is 10.1. The number of aromatic nitrogens is 2. The minimum absolute atomic E-state index is 0.655. The number of nitrogens with zero attached hydrogens (tertiary/aromatic N) is 2. The summed E-state index contributed by atoms with van der Waals surface area (Å²) in [7, 11) is 0. The lowest BCUT2D eigenvalue weighted by Crippen LogP contribution is -1.89. The maximum atomic E-state index is 5.82. The molecular formula is C11H9ClN2. The fourth-order valence-electron chi connectivity index (χ4n) is 1.31. The maximum absolute atomic E-state index is 5.82. The van der Waals surface area contributed by atoms with Crippen LogP contribution in [0.1, 0.15) is 5.56 Å². The van der Waals surface area contributed by atoms with E-state index in [0.717, 1.165) is 17.0 Å². The first-order valence-corrected chi connectivity index (χ1v) is 4.69. The van der Waals surface area contributed by atoms with Crippen LogP contribution >= 0.6 is 11.6 Å². The van der Waals surface area contributed by atoms with Crippen LogP contribution in [0.25, 0.3) is 11.4 Å². The van der Waals surface area contributed by atoms with Crippen molar-refractivity contribution < 1.29 is 0 Å². The molecule has 3 heteroatoms. The van der Waals surface area contributed by atoms with Crippen molar-refractivity contribution in [2.24, 2.45) is 0 Å². The predicted molar refractivity (Wildman–Crippen MR) is 57.2 cm³/mol. The zero-order valence-corrected chi connectivity index (χ0v) is 8.49. The molecule has 0 atom stereocenters. The van der Waals surface area contributed by atoms with E-state index in [2.05, 4.69) is 9.97 Å². The molecule has 0 radical (unpaired) electrons. The van der Waals surface area contributed by atoms with E-state index in [-0.39, 0.29) is 0 Å². The van der Waals surface area contributed by atoms with Gasteiger partial charge in [0.05, 0.1) is 16.4 Å². The number of hydrogen-bond acceptors (Lipinski definition) is 2. The Morgan fingerprint density at radius 3 is 2.71 bits per heavy atom. The molecule has 2 aromatic rings. The molecular weight excluding hydrogens is 196 g/mol. The Labute approximate surface area is 87.6 Å². The van der Waals surface area contributed by atoms with Gasteiger partial charge in [-0.1, -0.05) is 17.7 Å². The summed E-state index contributed by atoms with van der Waals surface area (Å²) in [5, 5.41) is 0.655. The van der Waals surface area contributed by atoms with Crippen molar-refractivity contribution in [1.82, 2.24) is 9.97 Å². The van der Waals surface area contributed by atoms with E-state index in [1.54, 1.807) is 12.4 Å². The molecule has 0 N–H and O–H groups in total. The Kier molecular flexibility index (Phi) is 2.46. The standard InChI is InChI=1S/C11H9ClN2/c1-8-6-9(12)7-14-11(8)10-4-2-3-5-13-10/h2-7H,1H3.